The van der Waals surface area contributed by atoms with Crippen molar-refractivity contribution in [2.45, 2.75) is 39.2 Å². The summed E-state index contributed by atoms with van der Waals surface area (Å²) in [5, 5.41) is 8.70. The van der Waals surface area contributed by atoms with Crippen LogP contribution in [0.15, 0.2) is 24.3 Å². The van der Waals surface area contributed by atoms with Gasteiger partial charge in [0.05, 0.1) is 0 Å². The summed E-state index contributed by atoms with van der Waals surface area (Å²) in [4.78, 5) is 0. The highest BCUT2D eigenvalue weighted by Gasteiger charge is 2.15. The lowest BCUT2D eigenvalue weighted by Gasteiger charge is -2.07. The van der Waals surface area contributed by atoms with Gasteiger partial charge in [0.15, 0.2) is 5.82 Å². The first-order valence-corrected chi connectivity index (χ1v) is 6.34. The monoisotopic (exact) mass is 227 g/mol. The van der Waals surface area contributed by atoms with E-state index in [-0.39, 0.29) is 0 Å². The number of hydrogen-bond donors (Lipinski definition) is 0. The molecule has 1 aliphatic heterocycles. The van der Waals surface area contributed by atoms with Gasteiger partial charge in [-0.3, -0.25) is 0 Å². The van der Waals surface area contributed by atoms with Crippen molar-refractivity contribution in [3.05, 3.63) is 35.7 Å². The first-order chi connectivity index (χ1) is 8.34. The predicted octanol–water partition coefficient (Wildman–Crippen LogP) is 2.98. The van der Waals surface area contributed by atoms with Crippen LogP contribution in [0.2, 0.25) is 0 Å². The molecule has 0 N–H and O–H groups in total. The Bertz CT molecular complexity index is 528. The molecule has 0 unspecified atom stereocenters. The minimum atomic E-state index is 1.03. The Labute approximate surface area is 101 Å². The number of benzene rings is 1. The van der Waals surface area contributed by atoms with Crippen molar-refractivity contribution in [1.82, 2.24) is 14.8 Å². The van der Waals surface area contributed by atoms with E-state index in [1.54, 1.807) is 0 Å². The Hall–Kier alpha value is -1.64. The maximum atomic E-state index is 4.36. The van der Waals surface area contributed by atoms with Crippen molar-refractivity contribution in [1.29, 1.82) is 0 Å². The molecule has 1 aromatic carbocycles. The highest BCUT2D eigenvalue weighted by atomic mass is 15.3. The third-order valence-electron chi connectivity index (χ3n) is 3.39. The second kappa shape index (κ2) is 4.32. The molecular formula is C14H17N3. The fourth-order valence-electron chi connectivity index (χ4n) is 2.48. The van der Waals surface area contributed by atoms with Gasteiger partial charge < -0.3 is 4.57 Å². The maximum absolute atomic E-state index is 4.36. The van der Waals surface area contributed by atoms with E-state index in [0.717, 1.165) is 24.6 Å². The Kier molecular flexibility index (Phi) is 2.67. The van der Waals surface area contributed by atoms with Gasteiger partial charge in [-0.05, 0) is 25.8 Å². The summed E-state index contributed by atoms with van der Waals surface area (Å²) in [6.45, 7) is 3.18. The molecule has 0 spiro atoms. The molecule has 1 aromatic heterocycles. The molecule has 0 amide bonds. The quantitative estimate of drug-likeness (QED) is 0.750. The van der Waals surface area contributed by atoms with Crippen molar-refractivity contribution in [2.75, 3.05) is 0 Å². The van der Waals surface area contributed by atoms with Crippen LogP contribution in [0.1, 0.15) is 30.7 Å². The van der Waals surface area contributed by atoms with Gasteiger partial charge in [-0.15, -0.1) is 10.2 Å². The normalized spacial score (nSPS) is 15.4. The fraction of sp³-hybridized carbons (Fsp3) is 0.429. The molecule has 0 radical (unpaired) electrons. The lowest BCUT2D eigenvalue weighted by molar-refractivity contribution is 0.636. The van der Waals surface area contributed by atoms with Gasteiger partial charge in [0, 0.05) is 18.5 Å². The van der Waals surface area contributed by atoms with E-state index in [1.807, 2.05) is 0 Å². The first-order valence-electron chi connectivity index (χ1n) is 6.34. The topological polar surface area (TPSA) is 30.7 Å². The zero-order valence-corrected chi connectivity index (χ0v) is 10.2. The lowest BCUT2D eigenvalue weighted by Crippen LogP contribution is -2.02. The average molecular weight is 227 g/mol. The van der Waals surface area contributed by atoms with E-state index >= 15 is 0 Å². The number of nitrogens with zero attached hydrogens (tertiary/aromatic N) is 3. The van der Waals surface area contributed by atoms with E-state index in [1.165, 1.54) is 30.4 Å². The molecular weight excluding hydrogens is 210 g/mol. The summed E-state index contributed by atoms with van der Waals surface area (Å²) in [6.07, 6.45) is 4.85. The van der Waals surface area contributed by atoms with Crippen molar-refractivity contribution < 1.29 is 0 Å². The summed E-state index contributed by atoms with van der Waals surface area (Å²) in [5.74, 6) is 2.18. The molecule has 2 heterocycles. The Morgan fingerprint density at radius 1 is 1.12 bits per heavy atom. The van der Waals surface area contributed by atoms with Gasteiger partial charge in [0.25, 0.3) is 0 Å². The minimum absolute atomic E-state index is 1.03. The SMILES string of the molecule is Cc1cccc(-c2nnc3n2CCCCC3)c1. The molecule has 2 aromatic rings. The van der Waals surface area contributed by atoms with E-state index in [9.17, 15) is 0 Å². The second-order valence-corrected chi connectivity index (χ2v) is 4.77. The molecule has 1 aliphatic rings. The molecule has 0 aliphatic carbocycles. The highest BCUT2D eigenvalue weighted by Crippen LogP contribution is 2.23. The van der Waals surface area contributed by atoms with Crippen LogP contribution in [0.3, 0.4) is 0 Å². The van der Waals surface area contributed by atoms with E-state index in [4.69, 9.17) is 0 Å². The fourth-order valence-corrected chi connectivity index (χ4v) is 2.48. The van der Waals surface area contributed by atoms with Gasteiger partial charge in [-0.25, -0.2) is 0 Å². The average Bonchev–Trinajstić information content (AvgIpc) is 2.59. The van der Waals surface area contributed by atoms with E-state index in [2.05, 4.69) is 46.0 Å². The summed E-state index contributed by atoms with van der Waals surface area (Å²) in [5.41, 5.74) is 2.46. The summed E-state index contributed by atoms with van der Waals surface area (Å²) < 4.78 is 2.29. The smallest absolute Gasteiger partial charge is 0.163 e. The molecule has 0 saturated heterocycles. The van der Waals surface area contributed by atoms with Gasteiger partial charge in [0.1, 0.15) is 5.82 Å². The van der Waals surface area contributed by atoms with Crippen LogP contribution < -0.4 is 0 Å². The maximum Gasteiger partial charge on any atom is 0.163 e. The molecule has 0 bridgehead atoms. The molecule has 88 valence electrons. The van der Waals surface area contributed by atoms with Crippen molar-refractivity contribution in [3.63, 3.8) is 0 Å². The lowest BCUT2D eigenvalue weighted by atomic mass is 10.1. The standard InChI is InChI=1S/C14H17N3/c1-11-6-5-7-12(10-11)14-16-15-13-8-3-2-4-9-17(13)14/h5-7,10H,2-4,8-9H2,1H3. The van der Waals surface area contributed by atoms with E-state index < -0.39 is 0 Å². The van der Waals surface area contributed by atoms with Crippen molar-refractivity contribution in [2.24, 2.45) is 0 Å². The van der Waals surface area contributed by atoms with Gasteiger partial charge >= 0.3 is 0 Å². The number of rotatable bonds is 1. The van der Waals surface area contributed by atoms with Crippen molar-refractivity contribution in [3.8, 4) is 11.4 Å². The van der Waals surface area contributed by atoms with Gasteiger partial charge in [-0.2, -0.15) is 0 Å². The second-order valence-electron chi connectivity index (χ2n) is 4.77. The number of hydrogen-bond acceptors (Lipinski definition) is 2. The third kappa shape index (κ3) is 1.97. The van der Waals surface area contributed by atoms with Crippen LogP contribution in [-0.2, 0) is 13.0 Å². The number of fused-ring (bicyclic) bond motifs is 1. The van der Waals surface area contributed by atoms with Crippen molar-refractivity contribution >= 4 is 0 Å². The van der Waals surface area contributed by atoms with Crippen LogP contribution in [0.4, 0.5) is 0 Å². The minimum Gasteiger partial charge on any atom is -0.311 e. The first kappa shape index (κ1) is 10.5. The molecule has 3 heteroatoms. The van der Waals surface area contributed by atoms with Crippen LogP contribution in [0.5, 0.6) is 0 Å². The highest BCUT2D eigenvalue weighted by molar-refractivity contribution is 5.56. The molecule has 0 fully saturated rings. The zero-order valence-electron chi connectivity index (χ0n) is 10.2. The van der Waals surface area contributed by atoms with Gasteiger partial charge in [-0.1, -0.05) is 30.2 Å². The van der Waals surface area contributed by atoms with Crippen LogP contribution in [-0.4, -0.2) is 14.8 Å². The Morgan fingerprint density at radius 3 is 2.94 bits per heavy atom. The van der Waals surface area contributed by atoms with Crippen LogP contribution >= 0.6 is 0 Å². The molecule has 3 nitrogen and oxygen atoms in total. The van der Waals surface area contributed by atoms with Gasteiger partial charge in [0.2, 0.25) is 0 Å². The number of aryl methyl sites for hydroxylation is 2. The molecule has 3 rings (SSSR count). The van der Waals surface area contributed by atoms with Crippen LogP contribution in [0, 0.1) is 6.92 Å². The van der Waals surface area contributed by atoms with E-state index in [0.29, 0.717) is 0 Å². The zero-order chi connectivity index (χ0) is 11.7. The Balaban J connectivity index is 2.06. The largest absolute Gasteiger partial charge is 0.311 e. The van der Waals surface area contributed by atoms with Crippen LogP contribution in [0.25, 0.3) is 11.4 Å². The molecule has 17 heavy (non-hydrogen) atoms. The summed E-state index contributed by atoms with van der Waals surface area (Å²) in [7, 11) is 0. The molecule has 0 atom stereocenters. The third-order valence-corrected chi connectivity index (χ3v) is 3.39. The predicted molar refractivity (Wildman–Crippen MR) is 67.8 cm³/mol. The Morgan fingerprint density at radius 2 is 2.06 bits per heavy atom. The molecule has 0 saturated carbocycles. The summed E-state index contributed by atoms with van der Waals surface area (Å²) >= 11 is 0. The number of aromatic nitrogens is 3. The summed E-state index contributed by atoms with van der Waals surface area (Å²) in [6, 6.07) is 8.50.